The molecule has 2 nitrogen and oxygen atoms in total. The van der Waals surface area contributed by atoms with Crippen LogP contribution in [0.4, 0.5) is 5.69 Å². The van der Waals surface area contributed by atoms with Crippen molar-refractivity contribution in [1.29, 1.82) is 0 Å². The second-order valence-corrected chi connectivity index (χ2v) is 5.69. The monoisotopic (exact) mass is 307 g/mol. The number of aliphatic hydroxyl groups is 1. The molecule has 0 saturated heterocycles. The number of aliphatic hydroxyl groups excluding tert-OH is 1. The van der Waals surface area contributed by atoms with E-state index in [1.807, 2.05) is 38.1 Å². The molecule has 0 radical (unpaired) electrons. The van der Waals surface area contributed by atoms with Gasteiger partial charge in [0.15, 0.2) is 0 Å². The molecule has 2 rings (SSSR count). The predicted octanol–water partition coefficient (Wildman–Crippen LogP) is 4.03. The lowest BCUT2D eigenvalue weighted by Crippen LogP contribution is -2.24. The van der Waals surface area contributed by atoms with Crippen LogP contribution < -0.4 is 5.32 Å². The third-order valence-electron chi connectivity index (χ3n) is 3.14. The molecule has 2 aromatic carbocycles. The Balaban J connectivity index is 2.26. The molecule has 0 amide bonds. The number of rotatable bonds is 4. The van der Waals surface area contributed by atoms with E-state index in [1.165, 1.54) is 10.8 Å². The Morgan fingerprint density at radius 2 is 1.78 bits per heavy atom. The molecular weight excluding hydrogens is 290 g/mol. The second kappa shape index (κ2) is 5.72. The summed E-state index contributed by atoms with van der Waals surface area (Å²) in [6.45, 7) is 4.61. The van der Waals surface area contributed by atoms with E-state index in [1.54, 1.807) is 0 Å². The molecule has 0 aromatic heterocycles. The standard InChI is InChI=1S/C15H18BrNO/c1-10(2)15(18)9-17-14-8-7-13(16)11-5-3-4-6-12(11)14/h3-8,10,15,17-18H,9H2,1-2H3. The van der Waals surface area contributed by atoms with Gasteiger partial charge < -0.3 is 10.4 Å². The summed E-state index contributed by atoms with van der Waals surface area (Å²) < 4.78 is 1.09. The van der Waals surface area contributed by atoms with E-state index in [-0.39, 0.29) is 12.0 Å². The molecule has 0 bridgehead atoms. The zero-order valence-corrected chi connectivity index (χ0v) is 12.2. The van der Waals surface area contributed by atoms with Crippen molar-refractivity contribution in [2.24, 2.45) is 5.92 Å². The molecule has 2 N–H and O–H groups in total. The van der Waals surface area contributed by atoms with Gasteiger partial charge in [0, 0.05) is 22.1 Å². The van der Waals surface area contributed by atoms with Crippen LogP contribution in [-0.4, -0.2) is 17.8 Å². The average Bonchev–Trinajstić information content (AvgIpc) is 2.38. The maximum atomic E-state index is 9.84. The van der Waals surface area contributed by atoms with Crippen LogP contribution in [0.1, 0.15) is 13.8 Å². The van der Waals surface area contributed by atoms with Crippen molar-refractivity contribution in [3.05, 3.63) is 40.9 Å². The van der Waals surface area contributed by atoms with Gasteiger partial charge in [-0.15, -0.1) is 0 Å². The van der Waals surface area contributed by atoms with E-state index in [0.717, 1.165) is 10.2 Å². The number of hydrogen-bond donors (Lipinski definition) is 2. The Morgan fingerprint density at radius 1 is 1.11 bits per heavy atom. The summed E-state index contributed by atoms with van der Waals surface area (Å²) in [4.78, 5) is 0. The van der Waals surface area contributed by atoms with Crippen LogP contribution in [0.5, 0.6) is 0 Å². The van der Waals surface area contributed by atoms with E-state index in [9.17, 15) is 5.11 Å². The van der Waals surface area contributed by atoms with Gasteiger partial charge in [0.05, 0.1) is 6.10 Å². The van der Waals surface area contributed by atoms with Crippen molar-refractivity contribution in [3.8, 4) is 0 Å². The summed E-state index contributed by atoms with van der Waals surface area (Å²) >= 11 is 3.56. The number of benzene rings is 2. The molecule has 1 unspecified atom stereocenters. The fourth-order valence-corrected chi connectivity index (χ4v) is 2.34. The lowest BCUT2D eigenvalue weighted by molar-refractivity contribution is 0.138. The Morgan fingerprint density at radius 3 is 2.44 bits per heavy atom. The first kappa shape index (κ1) is 13.4. The van der Waals surface area contributed by atoms with E-state index in [4.69, 9.17) is 0 Å². The largest absolute Gasteiger partial charge is 0.391 e. The van der Waals surface area contributed by atoms with Crippen LogP contribution in [0.15, 0.2) is 40.9 Å². The minimum atomic E-state index is -0.326. The Kier molecular flexibility index (Phi) is 4.25. The van der Waals surface area contributed by atoms with Gasteiger partial charge in [0.2, 0.25) is 0 Å². The fraction of sp³-hybridized carbons (Fsp3) is 0.333. The quantitative estimate of drug-likeness (QED) is 0.894. The van der Waals surface area contributed by atoms with E-state index in [2.05, 4.69) is 33.4 Å². The SMILES string of the molecule is CC(C)C(O)CNc1ccc(Br)c2ccccc12. The summed E-state index contributed by atoms with van der Waals surface area (Å²) in [6, 6.07) is 12.3. The lowest BCUT2D eigenvalue weighted by Gasteiger charge is -2.17. The van der Waals surface area contributed by atoms with Gasteiger partial charge in [-0.25, -0.2) is 0 Å². The first-order valence-corrected chi connectivity index (χ1v) is 6.98. The Bertz CT molecular complexity index is 539. The van der Waals surface area contributed by atoms with Gasteiger partial charge in [-0.1, -0.05) is 54.0 Å². The first-order valence-electron chi connectivity index (χ1n) is 6.19. The lowest BCUT2D eigenvalue weighted by atomic mass is 10.1. The number of halogens is 1. The van der Waals surface area contributed by atoms with Gasteiger partial charge in [0.25, 0.3) is 0 Å². The van der Waals surface area contributed by atoms with Crippen LogP contribution in [0.3, 0.4) is 0 Å². The smallest absolute Gasteiger partial charge is 0.0735 e. The summed E-state index contributed by atoms with van der Waals surface area (Å²) in [5, 5.41) is 15.5. The summed E-state index contributed by atoms with van der Waals surface area (Å²) in [5.41, 5.74) is 1.06. The third-order valence-corrected chi connectivity index (χ3v) is 3.83. The van der Waals surface area contributed by atoms with Crippen molar-refractivity contribution in [2.75, 3.05) is 11.9 Å². The maximum absolute atomic E-state index is 9.84. The molecule has 1 atom stereocenters. The molecule has 0 aliphatic rings. The molecular formula is C15H18BrNO. The van der Waals surface area contributed by atoms with Crippen LogP contribution in [0, 0.1) is 5.92 Å². The fourth-order valence-electron chi connectivity index (χ4n) is 1.87. The van der Waals surface area contributed by atoms with Gasteiger partial charge >= 0.3 is 0 Å². The molecule has 0 heterocycles. The summed E-state index contributed by atoms with van der Waals surface area (Å²) in [5.74, 6) is 0.263. The van der Waals surface area contributed by atoms with E-state index < -0.39 is 0 Å². The molecule has 3 heteroatoms. The van der Waals surface area contributed by atoms with Crippen LogP contribution in [0.2, 0.25) is 0 Å². The molecule has 0 spiro atoms. The molecule has 0 aliphatic carbocycles. The van der Waals surface area contributed by atoms with Gasteiger partial charge in [-0.05, 0) is 23.4 Å². The number of nitrogens with one attached hydrogen (secondary N) is 1. The normalized spacial score (nSPS) is 12.9. The highest BCUT2D eigenvalue weighted by molar-refractivity contribution is 9.10. The van der Waals surface area contributed by atoms with Crippen molar-refractivity contribution >= 4 is 32.4 Å². The molecule has 0 fully saturated rings. The van der Waals surface area contributed by atoms with Gasteiger partial charge in [-0.3, -0.25) is 0 Å². The highest BCUT2D eigenvalue weighted by Crippen LogP contribution is 2.29. The number of hydrogen-bond acceptors (Lipinski definition) is 2. The minimum absolute atomic E-state index is 0.263. The topological polar surface area (TPSA) is 32.3 Å². The highest BCUT2D eigenvalue weighted by Gasteiger charge is 2.10. The third kappa shape index (κ3) is 2.85. The molecule has 18 heavy (non-hydrogen) atoms. The average molecular weight is 308 g/mol. The molecule has 2 aromatic rings. The van der Waals surface area contributed by atoms with E-state index in [0.29, 0.717) is 6.54 Å². The number of fused-ring (bicyclic) bond motifs is 1. The number of anilines is 1. The van der Waals surface area contributed by atoms with Crippen molar-refractivity contribution in [1.82, 2.24) is 0 Å². The zero-order valence-electron chi connectivity index (χ0n) is 10.7. The molecule has 96 valence electrons. The van der Waals surface area contributed by atoms with Crippen LogP contribution >= 0.6 is 15.9 Å². The summed E-state index contributed by atoms with van der Waals surface area (Å²) in [6.07, 6.45) is -0.326. The summed E-state index contributed by atoms with van der Waals surface area (Å²) in [7, 11) is 0. The maximum Gasteiger partial charge on any atom is 0.0735 e. The second-order valence-electron chi connectivity index (χ2n) is 4.83. The van der Waals surface area contributed by atoms with Gasteiger partial charge in [-0.2, -0.15) is 0 Å². The highest BCUT2D eigenvalue weighted by atomic mass is 79.9. The van der Waals surface area contributed by atoms with Crippen LogP contribution in [0.25, 0.3) is 10.8 Å². The minimum Gasteiger partial charge on any atom is -0.391 e. The van der Waals surface area contributed by atoms with E-state index >= 15 is 0 Å². The Hall–Kier alpha value is -1.06. The first-order chi connectivity index (χ1) is 8.59. The van der Waals surface area contributed by atoms with Crippen molar-refractivity contribution < 1.29 is 5.11 Å². The van der Waals surface area contributed by atoms with Crippen molar-refractivity contribution in [2.45, 2.75) is 20.0 Å². The van der Waals surface area contributed by atoms with Crippen LogP contribution in [-0.2, 0) is 0 Å². The molecule has 0 saturated carbocycles. The molecule has 0 aliphatic heterocycles. The Labute approximate surface area is 116 Å². The van der Waals surface area contributed by atoms with Gasteiger partial charge in [0.1, 0.15) is 0 Å². The van der Waals surface area contributed by atoms with Crippen molar-refractivity contribution in [3.63, 3.8) is 0 Å². The predicted molar refractivity (Wildman–Crippen MR) is 81.0 cm³/mol. The zero-order chi connectivity index (χ0) is 13.1.